The number of rotatable bonds is 4. The van der Waals surface area contributed by atoms with Gasteiger partial charge in [0.1, 0.15) is 11.6 Å². The van der Waals surface area contributed by atoms with E-state index in [1.54, 1.807) is 18.2 Å². The average Bonchev–Trinajstić information content (AvgIpc) is 2.34. The molecule has 6 heteroatoms. The Labute approximate surface area is 122 Å². The molecular weight excluding hydrogens is 283 g/mol. The highest BCUT2D eigenvalue weighted by atomic mass is 35.5. The van der Waals surface area contributed by atoms with Crippen molar-refractivity contribution in [1.82, 2.24) is 15.0 Å². The van der Waals surface area contributed by atoms with Gasteiger partial charge in [-0.15, -0.1) is 0 Å². The summed E-state index contributed by atoms with van der Waals surface area (Å²) in [6.45, 7) is 2.06. The van der Waals surface area contributed by atoms with Gasteiger partial charge in [-0.3, -0.25) is 0 Å². The molecule has 0 amide bonds. The van der Waals surface area contributed by atoms with Gasteiger partial charge in [0.15, 0.2) is 0 Å². The Balaban J connectivity index is 2.33. The first-order valence-corrected chi connectivity index (χ1v) is 6.78. The predicted molar refractivity (Wildman–Crippen MR) is 77.5 cm³/mol. The van der Waals surface area contributed by atoms with Gasteiger partial charge in [0.2, 0.25) is 5.95 Å². The maximum Gasteiger partial charge on any atom is 0.223 e. The zero-order chi connectivity index (χ0) is 13.8. The minimum atomic E-state index is 0.233. The van der Waals surface area contributed by atoms with Crippen molar-refractivity contribution in [3.63, 3.8) is 0 Å². The van der Waals surface area contributed by atoms with Gasteiger partial charge in [0, 0.05) is 22.9 Å². The van der Waals surface area contributed by atoms with Crippen LogP contribution >= 0.6 is 23.2 Å². The summed E-state index contributed by atoms with van der Waals surface area (Å²) < 4.78 is 0. The molecule has 0 radical (unpaired) electrons. The van der Waals surface area contributed by atoms with E-state index < -0.39 is 0 Å². The van der Waals surface area contributed by atoms with Crippen molar-refractivity contribution in [1.29, 1.82) is 0 Å². The van der Waals surface area contributed by atoms with E-state index in [0.717, 1.165) is 18.4 Å². The monoisotopic (exact) mass is 296 g/mol. The summed E-state index contributed by atoms with van der Waals surface area (Å²) in [5.74, 6) is 1.52. The van der Waals surface area contributed by atoms with E-state index >= 15 is 0 Å². The molecule has 0 spiro atoms. The summed E-state index contributed by atoms with van der Waals surface area (Å²) in [6.07, 6.45) is 2.17. The molecule has 0 fully saturated rings. The molecule has 19 heavy (non-hydrogen) atoms. The smallest absolute Gasteiger partial charge is 0.223 e. The van der Waals surface area contributed by atoms with Crippen molar-refractivity contribution in [2.24, 2.45) is 0 Å². The number of aromatic nitrogens is 3. The highest BCUT2D eigenvalue weighted by molar-refractivity contribution is 6.36. The highest BCUT2D eigenvalue weighted by Gasteiger charge is 2.10. The van der Waals surface area contributed by atoms with Crippen LogP contribution in [0.4, 0.5) is 5.95 Å². The summed E-state index contributed by atoms with van der Waals surface area (Å²) in [6, 6.07) is 5.39. The third kappa shape index (κ3) is 3.55. The maximum absolute atomic E-state index is 6.13. The van der Waals surface area contributed by atoms with Crippen LogP contribution in [0.5, 0.6) is 0 Å². The summed E-state index contributed by atoms with van der Waals surface area (Å²) in [4.78, 5) is 12.6. The Kier molecular flexibility index (Phi) is 4.56. The standard InChI is InChI=1S/C13H14Cl2N4/c1-2-4-11-17-12(19-13(16)18-11)7-8-9(14)5-3-6-10(8)15/h3,5-6H,2,4,7H2,1H3,(H2,16,17,18,19). The molecule has 0 bridgehead atoms. The van der Waals surface area contributed by atoms with Crippen molar-refractivity contribution in [2.45, 2.75) is 26.2 Å². The van der Waals surface area contributed by atoms with Crippen molar-refractivity contribution in [3.05, 3.63) is 45.5 Å². The lowest BCUT2D eigenvalue weighted by molar-refractivity contribution is 0.792. The van der Waals surface area contributed by atoms with Crippen molar-refractivity contribution >= 4 is 29.2 Å². The van der Waals surface area contributed by atoms with Gasteiger partial charge in [-0.05, 0) is 24.1 Å². The molecule has 4 nitrogen and oxygen atoms in total. The Morgan fingerprint density at radius 2 is 1.68 bits per heavy atom. The maximum atomic E-state index is 6.13. The Morgan fingerprint density at radius 3 is 2.32 bits per heavy atom. The number of benzene rings is 1. The Morgan fingerprint density at radius 1 is 1.05 bits per heavy atom. The molecule has 1 aromatic carbocycles. The summed E-state index contributed by atoms with van der Waals surface area (Å²) in [5, 5.41) is 1.20. The number of nitrogens with zero attached hydrogens (tertiary/aromatic N) is 3. The number of nitrogens with two attached hydrogens (primary N) is 1. The van der Waals surface area contributed by atoms with E-state index in [1.165, 1.54) is 0 Å². The summed E-state index contributed by atoms with van der Waals surface area (Å²) in [5.41, 5.74) is 6.50. The van der Waals surface area contributed by atoms with E-state index in [-0.39, 0.29) is 5.95 Å². The lowest BCUT2D eigenvalue weighted by atomic mass is 10.1. The van der Waals surface area contributed by atoms with Gasteiger partial charge < -0.3 is 5.73 Å². The summed E-state index contributed by atoms with van der Waals surface area (Å²) >= 11 is 12.3. The van der Waals surface area contributed by atoms with E-state index in [4.69, 9.17) is 28.9 Å². The van der Waals surface area contributed by atoms with Gasteiger partial charge in [-0.1, -0.05) is 36.2 Å². The second-order valence-electron chi connectivity index (χ2n) is 4.15. The largest absolute Gasteiger partial charge is 0.368 e. The molecule has 1 aromatic heterocycles. The first kappa shape index (κ1) is 14.0. The lowest BCUT2D eigenvalue weighted by Crippen LogP contribution is -2.08. The van der Waals surface area contributed by atoms with Crippen LogP contribution in [0.3, 0.4) is 0 Å². The SMILES string of the molecule is CCCc1nc(N)nc(Cc2c(Cl)cccc2Cl)n1. The van der Waals surface area contributed by atoms with Crippen LogP contribution in [0.15, 0.2) is 18.2 Å². The molecule has 0 aliphatic heterocycles. The Hall–Kier alpha value is -1.39. The minimum Gasteiger partial charge on any atom is -0.368 e. The molecule has 1 heterocycles. The highest BCUT2D eigenvalue weighted by Crippen LogP contribution is 2.26. The van der Waals surface area contributed by atoms with Crippen LogP contribution < -0.4 is 5.73 Å². The van der Waals surface area contributed by atoms with Crippen molar-refractivity contribution in [3.8, 4) is 0 Å². The van der Waals surface area contributed by atoms with Crippen LogP contribution in [-0.2, 0) is 12.8 Å². The van der Waals surface area contributed by atoms with E-state index in [9.17, 15) is 0 Å². The fourth-order valence-corrected chi connectivity index (χ4v) is 2.29. The van der Waals surface area contributed by atoms with Crippen LogP contribution in [0.25, 0.3) is 0 Å². The number of hydrogen-bond acceptors (Lipinski definition) is 4. The molecule has 2 N–H and O–H groups in total. The Bertz CT molecular complexity index is 567. The molecule has 0 atom stereocenters. The first-order chi connectivity index (χ1) is 9.10. The third-order valence-corrected chi connectivity index (χ3v) is 3.32. The normalized spacial score (nSPS) is 10.7. The van der Waals surface area contributed by atoms with E-state index in [1.807, 2.05) is 0 Å². The molecule has 2 rings (SSSR count). The van der Waals surface area contributed by atoms with Crippen molar-refractivity contribution in [2.75, 3.05) is 5.73 Å². The second-order valence-corrected chi connectivity index (χ2v) is 4.97. The minimum absolute atomic E-state index is 0.233. The molecule has 0 unspecified atom stereocenters. The number of anilines is 1. The quantitative estimate of drug-likeness (QED) is 0.940. The predicted octanol–water partition coefficient (Wildman–Crippen LogP) is 3.30. The van der Waals surface area contributed by atoms with Crippen LogP contribution in [0.1, 0.15) is 30.6 Å². The molecule has 100 valence electrons. The lowest BCUT2D eigenvalue weighted by Gasteiger charge is -2.07. The summed E-state index contributed by atoms with van der Waals surface area (Å²) in [7, 11) is 0. The van der Waals surface area contributed by atoms with E-state index in [0.29, 0.717) is 28.1 Å². The van der Waals surface area contributed by atoms with E-state index in [2.05, 4.69) is 21.9 Å². The van der Waals surface area contributed by atoms with Gasteiger partial charge in [-0.2, -0.15) is 9.97 Å². The zero-order valence-corrected chi connectivity index (χ0v) is 12.0. The number of aryl methyl sites for hydroxylation is 1. The molecule has 0 saturated carbocycles. The first-order valence-electron chi connectivity index (χ1n) is 6.02. The molecular formula is C13H14Cl2N4. The van der Waals surface area contributed by atoms with Gasteiger partial charge in [0.25, 0.3) is 0 Å². The van der Waals surface area contributed by atoms with Crippen LogP contribution in [-0.4, -0.2) is 15.0 Å². The van der Waals surface area contributed by atoms with Crippen molar-refractivity contribution < 1.29 is 0 Å². The fraction of sp³-hybridized carbons (Fsp3) is 0.308. The number of hydrogen-bond donors (Lipinski definition) is 1. The van der Waals surface area contributed by atoms with Crippen LogP contribution in [0, 0.1) is 0 Å². The average molecular weight is 297 g/mol. The molecule has 0 aliphatic rings. The zero-order valence-electron chi connectivity index (χ0n) is 10.5. The van der Waals surface area contributed by atoms with Gasteiger partial charge in [-0.25, -0.2) is 4.98 Å². The third-order valence-electron chi connectivity index (χ3n) is 2.62. The van der Waals surface area contributed by atoms with Gasteiger partial charge in [0.05, 0.1) is 0 Å². The molecule has 0 aliphatic carbocycles. The second kappa shape index (κ2) is 6.17. The number of halogens is 2. The number of nitrogen functional groups attached to an aromatic ring is 1. The molecule has 2 aromatic rings. The fourth-order valence-electron chi connectivity index (χ4n) is 1.76. The molecule has 0 saturated heterocycles. The van der Waals surface area contributed by atoms with Gasteiger partial charge >= 0.3 is 0 Å². The van der Waals surface area contributed by atoms with Crippen LogP contribution in [0.2, 0.25) is 10.0 Å². The topological polar surface area (TPSA) is 64.7 Å².